The Morgan fingerprint density at radius 2 is 1.88 bits per heavy atom. The van der Waals surface area contributed by atoms with Crippen molar-refractivity contribution in [2.75, 3.05) is 26.3 Å². The molecule has 0 unspecified atom stereocenters. The van der Waals surface area contributed by atoms with Crippen molar-refractivity contribution >= 4 is 5.97 Å². The standard InChI is InChI=1S/C13H23NO3/c1-12(2,3)17-11(15)13(8-14-9-13)10-4-6-16-7-5-10/h10,14H,4-9H2,1-3H3. The van der Waals surface area contributed by atoms with Gasteiger partial charge >= 0.3 is 5.97 Å². The predicted octanol–water partition coefficient (Wildman–Crippen LogP) is 1.34. The Kier molecular flexibility index (Phi) is 3.46. The molecule has 17 heavy (non-hydrogen) atoms. The molecular formula is C13H23NO3. The SMILES string of the molecule is CC(C)(C)OC(=O)C1(C2CCOCC2)CNC1. The lowest BCUT2D eigenvalue weighted by molar-refractivity contribution is -0.178. The third-order valence-electron chi connectivity index (χ3n) is 3.69. The third kappa shape index (κ3) is 2.63. The first kappa shape index (κ1) is 12.8. The molecule has 2 aliphatic heterocycles. The van der Waals surface area contributed by atoms with Gasteiger partial charge in [0.2, 0.25) is 0 Å². The highest BCUT2D eigenvalue weighted by Gasteiger charge is 2.52. The van der Waals surface area contributed by atoms with Crippen molar-refractivity contribution in [3.8, 4) is 0 Å². The van der Waals surface area contributed by atoms with Crippen LogP contribution in [-0.4, -0.2) is 37.9 Å². The van der Waals surface area contributed by atoms with Crippen molar-refractivity contribution in [1.82, 2.24) is 5.32 Å². The van der Waals surface area contributed by atoms with Gasteiger partial charge < -0.3 is 14.8 Å². The predicted molar refractivity (Wildman–Crippen MR) is 64.7 cm³/mol. The Balaban J connectivity index is 2.05. The number of ether oxygens (including phenoxy) is 2. The molecule has 2 heterocycles. The Hall–Kier alpha value is -0.610. The molecule has 98 valence electrons. The van der Waals surface area contributed by atoms with Gasteiger partial charge in [-0.25, -0.2) is 0 Å². The van der Waals surface area contributed by atoms with E-state index in [1.807, 2.05) is 20.8 Å². The minimum absolute atomic E-state index is 0.0318. The molecule has 2 aliphatic rings. The minimum atomic E-state index is -0.398. The second kappa shape index (κ2) is 4.58. The van der Waals surface area contributed by atoms with E-state index in [1.165, 1.54) is 0 Å². The average molecular weight is 241 g/mol. The summed E-state index contributed by atoms with van der Waals surface area (Å²) < 4.78 is 11.0. The van der Waals surface area contributed by atoms with Crippen LogP contribution in [0.5, 0.6) is 0 Å². The zero-order chi connectivity index (χ0) is 12.5. The van der Waals surface area contributed by atoms with Crippen molar-refractivity contribution < 1.29 is 14.3 Å². The number of carbonyl (C=O) groups is 1. The highest BCUT2D eigenvalue weighted by Crippen LogP contribution is 2.40. The van der Waals surface area contributed by atoms with Crippen molar-refractivity contribution in [2.45, 2.75) is 39.2 Å². The summed E-state index contributed by atoms with van der Waals surface area (Å²) in [5.74, 6) is 0.378. The Morgan fingerprint density at radius 1 is 1.29 bits per heavy atom. The lowest BCUT2D eigenvalue weighted by Gasteiger charge is -2.48. The zero-order valence-electron chi connectivity index (χ0n) is 11.0. The van der Waals surface area contributed by atoms with Gasteiger partial charge in [0.05, 0.1) is 5.41 Å². The first-order chi connectivity index (χ1) is 7.94. The lowest BCUT2D eigenvalue weighted by Crippen LogP contribution is -2.64. The summed E-state index contributed by atoms with van der Waals surface area (Å²) >= 11 is 0. The molecule has 0 amide bonds. The van der Waals surface area contributed by atoms with Gasteiger partial charge in [0, 0.05) is 26.3 Å². The Bertz CT molecular complexity index is 286. The quantitative estimate of drug-likeness (QED) is 0.741. The highest BCUT2D eigenvalue weighted by atomic mass is 16.6. The molecule has 2 rings (SSSR count). The maximum atomic E-state index is 12.4. The monoisotopic (exact) mass is 241 g/mol. The maximum absolute atomic E-state index is 12.4. The molecule has 2 saturated heterocycles. The van der Waals surface area contributed by atoms with Crippen LogP contribution in [-0.2, 0) is 14.3 Å². The fraction of sp³-hybridized carbons (Fsp3) is 0.923. The molecule has 1 N–H and O–H groups in total. The van der Waals surface area contributed by atoms with E-state index in [2.05, 4.69) is 5.32 Å². The van der Waals surface area contributed by atoms with Crippen molar-refractivity contribution in [3.63, 3.8) is 0 Å². The molecule has 0 radical (unpaired) electrons. The molecule has 0 aromatic rings. The molecule has 0 aliphatic carbocycles. The molecule has 0 saturated carbocycles. The second-order valence-electron chi connectivity index (χ2n) is 6.15. The topological polar surface area (TPSA) is 47.6 Å². The number of nitrogens with one attached hydrogen (secondary N) is 1. The van der Waals surface area contributed by atoms with E-state index in [1.54, 1.807) is 0 Å². The minimum Gasteiger partial charge on any atom is -0.459 e. The van der Waals surface area contributed by atoms with Gasteiger partial charge in [-0.05, 0) is 39.5 Å². The van der Waals surface area contributed by atoms with Gasteiger partial charge in [0.1, 0.15) is 5.60 Å². The van der Waals surface area contributed by atoms with E-state index in [0.29, 0.717) is 5.92 Å². The number of carbonyl (C=O) groups excluding carboxylic acids is 1. The average Bonchev–Trinajstić information content (AvgIpc) is 2.14. The third-order valence-corrected chi connectivity index (χ3v) is 3.69. The molecule has 0 atom stereocenters. The van der Waals surface area contributed by atoms with E-state index < -0.39 is 5.60 Å². The molecule has 0 aromatic carbocycles. The molecule has 0 spiro atoms. The normalized spacial score (nSPS) is 25.1. The van der Waals surface area contributed by atoms with Crippen molar-refractivity contribution in [1.29, 1.82) is 0 Å². The van der Waals surface area contributed by atoms with Gasteiger partial charge in [-0.1, -0.05) is 0 Å². The lowest BCUT2D eigenvalue weighted by atomic mass is 9.67. The first-order valence-corrected chi connectivity index (χ1v) is 6.46. The Labute approximate surface area is 103 Å². The fourth-order valence-corrected chi connectivity index (χ4v) is 2.62. The Morgan fingerprint density at radius 3 is 2.29 bits per heavy atom. The fourth-order valence-electron chi connectivity index (χ4n) is 2.62. The summed E-state index contributed by atoms with van der Waals surface area (Å²) in [6.45, 7) is 8.83. The summed E-state index contributed by atoms with van der Waals surface area (Å²) in [6, 6.07) is 0. The van der Waals surface area contributed by atoms with Gasteiger partial charge in [-0.3, -0.25) is 4.79 Å². The van der Waals surface area contributed by atoms with Crippen LogP contribution in [0.15, 0.2) is 0 Å². The van der Waals surface area contributed by atoms with Crippen LogP contribution in [0.1, 0.15) is 33.6 Å². The molecular weight excluding hydrogens is 218 g/mol. The van der Waals surface area contributed by atoms with Gasteiger partial charge in [-0.15, -0.1) is 0 Å². The first-order valence-electron chi connectivity index (χ1n) is 6.46. The summed E-state index contributed by atoms with van der Waals surface area (Å²) in [6.07, 6.45) is 1.95. The summed E-state index contributed by atoms with van der Waals surface area (Å²) in [5, 5.41) is 3.22. The smallest absolute Gasteiger partial charge is 0.315 e. The number of rotatable bonds is 2. The van der Waals surface area contributed by atoms with Crippen LogP contribution in [0.2, 0.25) is 0 Å². The molecule has 4 nitrogen and oxygen atoms in total. The van der Waals surface area contributed by atoms with Crippen LogP contribution in [0.25, 0.3) is 0 Å². The number of hydrogen-bond donors (Lipinski definition) is 1. The largest absolute Gasteiger partial charge is 0.459 e. The van der Waals surface area contributed by atoms with Crippen LogP contribution < -0.4 is 5.32 Å². The molecule has 0 aromatic heterocycles. The highest BCUT2D eigenvalue weighted by molar-refractivity contribution is 5.79. The number of hydrogen-bond acceptors (Lipinski definition) is 4. The van der Waals surface area contributed by atoms with Gasteiger partial charge in [0.15, 0.2) is 0 Å². The van der Waals surface area contributed by atoms with Crippen molar-refractivity contribution in [2.24, 2.45) is 11.3 Å². The summed E-state index contributed by atoms with van der Waals surface area (Å²) in [5.41, 5.74) is -0.693. The molecule has 2 fully saturated rings. The summed E-state index contributed by atoms with van der Waals surface area (Å²) in [7, 11) is 0. The molecule has 4 heteroatoms. The van der Waals surface area contributed by atoms with Gasteiger partial charge in [0.25, 0.3) is 0 Å². The van der Waals surface area contributed by atoms with E-state index in [4.69, 9.17) is 9.47 Å². The van der Waals surface area contributed by atoms with Crippen LogP contribution in [0.3, 0.4) is 0 Å². The summed E-state index contributed by atoms with van der Waals surface area (Å²) in [4.78, 5) is 12.4. The van der Waals surface area contributed by atoms with E-state index in [-0.39, 0.29) is 11.4 Å². The maximum Gasteiger partial charge on any atom is 0.315 e. The second-order valence-corrected chi connectivity index (χ2v) is 6.15. The van der Waals surface area contributed by atoms with Gasteiger partial charge in [-0.2, -0.15) is 0 Å². The zero-order valence-corrected chi connectivity index (χ0v) is 11.0. The van der Waals surface area contributed by atoms with Crippen LogP contribution >= 0.6 is 0 Å². The van der Waals surface area contributed by atoms with Crippen molar-refractivity contribution in [3.05, 3.63) is 0 Å². The van der Waals surface area contributed by atoms with Crippen LogP contribution in [0.4, 0.5) is 0 Å². The van der Waals surface area contributed by atoms with E-state index in [9.17, 15) is 4.79 Å². The van der Waals surface area contributed by atoms with E-state index >= 15 is 0 Å². The van der Waals surface area contributed by atoms with E-state index in [0.717, 1.165) is 39.1 Å². The number of esters is 1. The van der Waals surface area contributed by atoms with Crippen LogP contribution in [0, 0.1) is 11.3 Å². The molecule has 0 bridgehead atoms.